The molecule has 2 fully saturated rings. The second-order valence-corrected chi connectivity index (χ2v) is 17.9. The monoisotopic (exact) mass is 1050 g/mol. The molecular formula is C54H60IN6NaO7. The number of nitrogens with two attached hydrogens (primary N) is 1. The smallest absolute Gasteiger partial charge is 0.435 e. The number of carbonyl (C=O) groups excluding carboxylic acids is 3. The van der Waals surface area contributed by atoms with E-state index < -0.39 is 12.1 Å². The minimum absolute atomic E-state index is 0. The molecular weight excluding hydrogens is 995 g/mol. The zero-order valence-electron chi connectivity index (χ0n) is 39.0. The van der Waals surface area contributed by atoms with Crippen molar-refractivity contribution in [3.05, 3.63) is 195 Å². The van der Waals surface area contributed by atoms with Gasteiger partial charge in [0, 0.05) is 42.1 Å². The van der Waals surface area contributed by atoms with E-state index >= 15 is 0 Å². The van der Waals surface area contributed by atoms with Crippen molar-refractivity contribution in [1.29, 1.82) is 0 Å². The van der Waals surface area contributed by atoms with Gasteiger partial charge in [-0.25, -0.2) is 4.98 Å². The van der Waals surface area contributed by atoms with Gasteiger partial charge in [0.1, 0.15) is 17.4 Å². The van der Waals surface area contributed by atoms with E-state index in [1.54, 1.807) is 10.8 Å². The molecule has 5 N–H and O–H groups in total. The topological polar surface area (TPSA) is 200 Å². The maximum atomic E-state index is 12.8. The second kappa shape index (κ2) is 27.3. The van der Waals surface area contributed by atoms with E-state index in [4.69, 9.17) is 15.3 Å². The quantitative estimate of drug-likeness (QED) is 0.0608. The van der Waals surface area contributed by atoms with Crippen molar-refractivity contribution in [3.63, 3.8) is 0 Å². The van der Waals surface area contributed by atoms with Crippen molar-refractivity contribution in [2.75, 3.05) is 11.1 Å². The van der Waals surface area contributed by atoms with E-state index in [2.05, 4.69) is 39.6 Å². The van der Waals surface area contributed by atoms with Crippen LogP contribution in [0.3, 0.4) is 0 Å². The normalized spacial score (nSPS) is 20.1. The standard InChI is InChI=1S/C27H29N3O3.C19H23NO.C7H7N2O.CO2.HI.Na/c31-25-14-15-28-24-13-12-23(30(24)25)27(33)29-22-10-7-18(8-11-22)16-19-6-9-21(17-19)26(32)20-4-2-1-3-5-20;20-18-10-7-14(8-11-18)12-15-6-9-17(13-15)19(21)16-4-2-1-3-5-16;10-7-3-4-8-6-2-1-5-9(6)7;2-1-3;;/h1-5,7-8,10-11,14-15,19,21,23,26,32H,6,9,12-13,16-17H2,(H,29,33);1-5,7-8,10-11,15,17,19,21H,6,9,12-13,20H2;3-5H,1-2H2;;1H;/q;;-1;;;+1/t19-,21-,23-,26+;15-,17-,19+;;;;/m00..../s1. The molecule has 13 nitrogen and oxygen atoms in total. The van der Waals surface area contributed by atoms with E-state index in [9.17, 15) is 24.6 Å². The first-order chi connectivity index (χ1) is 32.6. The van der Waals surface area contributed by atoms with Crippen molar-refractivity contribution in [3.8, 4) is 0 Å². The number of aliphatic hydroxyl groups is 2. The van der Waals surface area contributed by atoms with Gasteiger partial charge in [-0.15, -0.1) is 30.5 Å². The van der Waals surface area contributed by atoms with E-state index in [1.165, 1.54) is 40.4 Å². The molecule has 2 saturated carbocycles. The van der Waals surface area contributed by atoms with Crippen molar-refractivity contribution in [2.45, 2.75) is 95.3 Å². The average Bonchev–Trinajstić information content (AvgIpc) is 4.20. The third kappa shape index (κ3) is 15.2. The van der Waals surface area contributed by atoms with Gasteiger partial charge in [0.15, 0.2) is 0 Å². The number of amides is 1. The fraction of sp³-hybridized carbons (Fsp3) is 0.352. The summed E-state index contributed by atoms with van der Waals surface area (Å²) in [5.41, 5.74) is 11.8. The van der Waals surface area contributed by atoms with E-state index in [0.717, 1.165) is 86.1 Å². The van der Waals surface area contributed by atoms with Crippen LogP contribution in [-0.2, 0) is 40.1 Å². The number of aryl methyl sites for hydroxylation is 2. The number of benzene rings is 4. The van der Waals surface area contributed by atoms with Crippen LogP contribution in [0.2, 0.25) is 0 Å². The van der Waals surface area contributed by atoms with Gasteiger partial charge < -0.3 is 35.6 Å². The van der Waals surface area contributed by atoms with Crippen LogP contribution in [0.4, 0.5) is 11.4 Å². The Morgan fingerprint density at radius 1 is 0.681 bits per heavy atom. The molecule has 6 aromatic rings. The summed E-state index contributed by atoms with van der Waals surface area (Å²) < 4.78 is 3.12. The molecule has 4 aromatic carbocycles. The molecule has 2 aliphatic heterocycles. The number of rotatable bonds is 10. The van der Waals surface area contributed by atoms with E-state index in [-0.39, 0.29) is 82.8 Å². The van der Waals surface area contributed by atoms with Crippen LogP contribution < -0.4 is 51.7 Å². The maximum Gasteiger partial charge on any atom is 1.00 e. The predicted octanol–water partition coefficient (Wildman–Crippen LogP) is 5.26. The van der Waals surface area contributed by atoms with E-state index in [0.29, 0.717) is 42.3 Å². The van der Waals surface area contributed by atoms with Crippen molar-refractivity contribution in [2.24, 2.45) is 23.7 Å². The van der Waals surface area contributed by atoms with Gasteiger partial charge in [0.05, 0.1) is 12.2 Å². The number of aliphatic hydroxyl groups excluding tert-OH is 2. The minimum atomic E-state index is -0.507. The molecule has 4 aliphatic rings. The number of nitrogen functional groups attached to an aromatic ring is 1. The fourth-order valence-electron chi connectivity index (χ4n) is 10.1. The maximum absolute atomic E-state index is 12.8. The number of aromatic nitrogens is 4. The first-order valence-electron chi connectivity index (χ1n) is 23.3. The second-order valence-electron chi connectivity index (χ2n) is 17.9. The third-order valence-electron chi connectivity index (χ3n) is 13.4. The van der Waals surface area contributed by atoms with Gasteiger partial charge in [0.2, 0.25) is 5.91 Å². The Labute approximate surface area is 442 Å². The number of fused-ring (bicyclic) bond motifs is 2. The van der Waals surface area contributed by atoms with Gasteiger partial charge in [-0.2, -0.15) is 9.59 Å². The molecule has 0 bridgehead atoms. The van der Waals surface area contributed by atoms with Gasteiger partial charge in [-0.1, -0.05) is 91.3 Å². The third-order valence-corrected chi connectivity index (χ3v) is 13.4. The summed E-state index contributed by atoms with van der Waals surface area (Å²) in [7, 11) is 0. The number of anilines is 2. The minimum Gasteiger partial charge on any atom is -0.435 e. The Bertz CT molecular complexity index is 2680. The van der Waals surface area contributed by atoms with Gasteiger partial charge in [0.25, 0.3) is 5.56 Å². The zero-order chi connectivity index (χ0) is 47.1. The number of hydrogen-bond acceptors (Lipinski definition) is 10. The van der Waals surface area contributed by atoms with Crippen LogP contribution in [0.1, 0.15) is 104 Å². The molecule has 2 aromatic heterocycles. The summed E-state index contributed by atoms with van der Waals surface area (Å²) in [5, 5.41) is 24.2. The Morgan fingerprint density at radius 2 is 1.17 bits per heavy atom. The number of hydrogen-bond donors (Lipinski definition) is 4. The van der Waals surface area contributed by atoms with Crippen molar-refractivity contribution < 1.29 is 54.2 Å². The molecule has 2 aliphatic carbocycles. The zero-order valence-corrected chi connectivity index (χ0v) is 43.3. The Balaban J connectivity index is 0.000000210. The molecule has 15 heteroatoms. The molecule has 0 saturated heterocycles. The molecule has 4 heterocycles. The van der Waals surface area contributed by atoms with Gasteiger partial charge >= 0.3 is 35.7 Å². The summed E-state index contributed by atoms with van der Waals surface area (Å²) in [5.74, 6) is 3.32. The van der Waals surface area contributed by atoms with Crippen LogP contribution in [0.25, 0.3) is 0 Å². The summed E-state index contributed by atoms with van der Waals surface area (Å²) in [6, 6.07) is 38.5. The first kappa shape index (κ1) is 54.7. The largest absolute Gasteiger partial charge is 1.00 e. The SMILES string of the molecule is I.Nc1ccc(C[C@@H]2CC[C@H]([C@H](O)c3ccccc3)C2)cc1.O=C(Nc1ccc(C[C@@H]2CC[C@H]([C@H](O)c3ccccc3)C2)cc1)[C@@H]1CCc2nccc(=O)n21.O=C=O.O=c1ccnc2n1[CH-]CC2.[Na+]. The Hall–Kier alpha value is -5.19. The van der Waals surface area contributed by atoms with Crippen LogP contribution in [0.5, 0.6) is 0 Å². The molecule has 7 atom stereocenters. The first-order valence-corrected chi connectivity index (χ1v) is 23.3. The van der Waals surface area contributed by atoms with Crippen LogP contribution in [0.15, 0.2) is 143 Å². The fourth-order valence-corrected chi connectivity index (χ4v) is 10.1. The van der Waals surface area contributed by atoms with E-state index in [1.807, 2.05) is 91.5 Å². The van der Waals surface area contributed by atoms with Crippen LogP contribution >= 0.6 is 24.0 Å². The molecule has 10 rings (SSSR count). The van der Waals surface area contributed by atoms with Gasteiger partial charge in [-0.3, -0.25) is 14.2 Å². The van der Waals surface area contributed by atoms with Crippen LogP contribution in [-0.4, -0.2) is 41.4 Å². The summed E-state index contributed by atoms with van der Waals surface area (Å²) in [6.07, 6.45) is 14.4. The number of carbonyl (C=O) groups is 1. The molecule has 0 radical (unpaired) electrons. The predicted molar refractivity (Wildman–Crippen MR) is 271 cm³/mol. The van der Waals surface area contributed by atoms with Crippen molar-refractivity contribution >= 4 is 47.4 Å². The number of halogens is 1. The summed E-state index contributed by atoms with van der Waals surface area (Å²) in [4.78, 5) is 60.5. The molecule has 356 valence electrons. The molecule has 0 unspecified atom stereocenters. The number of nitrogens with one attached hydrogen (secondary N) is 1. The van der Waals surface area contributed by atoms with Crippen LogP contribution in [0, 0.1) is 30.2 Å². The average molecular weight is 1060 g/mol. The molecule has 1 amide bonds. The Morgan fingerprint density at radius 3 is 1.70 bits per heavy atom. The molecule has 0 spiro atoms. The number of nitrogens with zero attached hydrogens (tertiary/aromatic N) is 4. The summed E-state index contributed by atoms with van der Waals surface area (Å²) in [6.45, 7) is 1.88. The molecule has 69 heavy (non-hydrogen) atoms. The summed E-state index contributed by atoms with van der Waals surface area (Å²) >= 11 is 0. The van der Waals surface area contributed by atoms with Gasteiger partial charge in [-0.05, 0) is 140 Å². The van der Waals surface area contributed by atoms with Crippen molar-refractivity contribution in [1.82, 2.24) is 19.1 Å². The Kier molecular flexibility index (Phi) is 21.6.